The number of rotatable bonds is 6. The molecule has 1 atom stereocenters. The zero-order valence-corrected chi connectivity index (χ0v) is 14.4. The molecule has 0 fully saturated rings. The molecule has 0 saturated heterocycles. The van der Waals surface area contributed by atoms with Gasteiger partial charge in [-0.2, -0.15) is 4.98 Å². The quantitative estimate of drug-likeness (QED) is 0.860. The van der Waals surface area contributed by atoms with Crippen molar-refractivity contribution in [2.24, 2.45) is 0 Å². The summed E-state index contributed by atoms with van der Waals surface area (Å²) in [5.41, 5.74) is 1.52. The molecule has 1 heterocycles. The molecule has 0 radical (unpaired) electrons. The number of nitrogens with one attached hydrogen (secondary N) is 1. The number of hydrogen-bond acceptors (Lipinski definition) is 6. The SMILES string of the molecule is CNC(C)Cc1noc(-c2ccc(CS(C)(=O)=O)cc2)n1.Cl. The van der Waals surface area contributed by atoms with Gasteiger partial charge in [-0.15, -0.1) is 12.4 Å². The van der Waals surface area contributed by atoms with E-state index < -0.39 is 9.84 Å². The molecule has 0 aliphatic heterocycles. The molecule has 0 spiro atoms. The number of sulfone groups is 1. The Morgan fingerprint density at radius 1 is 1.27 bits per heavy atom. The molecule has 8 heteroatoms. The van der Waals surface area contributed by atoms with Gasteiger partial charge in [0.2, 0.25) is 0 Å². The first-order valence-electron chi connectivity index (χ1n) is 6.64. The van der Waals surface area contributed by atoms with Gasteiger partial charge >= 0.3 is 0 Å². The first-order valence-corrected chi connectivity index (χ1v) is 8.70. The van der Waals surface area contributed by atoms with Gasteiger partial charge in [0.05, 0.1) is 5.75 Å². The Morgan fingerprint density at radius 2 is 1.91 bits per heavy atom. The van der Waals surface area contributed by atoms with E-state index in [-0.39, 0.29) is 24.2 Å². The number of benzene rings is 1. The van der Waals surface area contributed by atoms with E-state index in [9.17, 15) is 8.42 Å². The van der Waals surface area contributed by atoms with Crippen LogP contribution in [0.25, 0.3) is 11.5 Å². The fourth-order valence-corrected chi connectivity index (χ4v) is 2.67. The number of likely N-dealkylation sites (N-methyl/N-ethyl adjacent to an activating group) is 1. The maximum atomic E-state index is 11.2. The summed E-state index contributed by atoms with van der Waals surface area (Å²) in [5.74, 6) is 1.12. The van der Waals surface area contributed by atoms with Crippen LogP contribution in [0.3, 0.4) is 0 Å². The van der Waals surface area contributed by atoms with Crippen molar-refractivity contribution < 1.29 is 12.9 Å². The normalized spacial score (nSPS) is 12.7. The van der Waals surface area contributed by atoms with E-state index in [0.717, 1.165) is 11.1 Å². The third-order valence-corrected chi connectivity index (χ3v) is 3.94. The second-order valence-corrected chi connectivity index (χ2v) is 7.32. The number of aromatic nitrogens is 2. The lowest BCUT2D eigenvalue weighted by atomic mass is 10.1. The number of nitrogens with zero attached hydrogens (tertiary/aromatic N) is 2. The fourth-order valence-electron chi connectivity index (χ4n) is 1.88. The van der Waals surface area contributed by atoms with Crippen LogP contribution < -0.4 is 5.32 Å². The highest BCUT2D eigenvalue weighted by atomic mass is 35.5. The van der Waals surface area contributed by atoms with Crippen molar-refractivity contribution >= 4 is 22.2 Å². The molecule has 2 rings (SSSR count). The summed E-state index contributed by atoms with van der Waals surface area (Å²) in [6, 6.07) is 7.37. The van der Waals surface area contributed by atoms with Crippen LogP contribution in [0, 0.1) is 0 Å². The Balaban J connectivity index is 0.00000242. The summed E-state index contributed by atoms with van der Waals surface area (Å²) in [6.07, 6.45) is 1.90. The van der Waals surface area contributed by atoms with Crippen molar-refractivity contribution in [2.75, 3.05) is 13.3 Å². The molecule has 22 heavy (non-hydrogen) atoms. The largest absolute Gasteiger partial charge is 0.334 e. The van der Waals surface area contributed by atoms with E-state index in [1.807, 2.05) is 14.0 Å². The van der Waals surface area contributed by atoms with Gasteiger partial charge in [0.25, 0.3) is 5.89 Å². The van der Waals surface area contributed by atoms with E-state index in [4.69, 9.17) is 4.52 Å². The molecule has 0 aliphatic carbocycles. The molecule has 1 unspecified atom stereocenters. The summed E-state index contributed by atoms with van der Waals surface area (Å²) in [4.78, 5) is 4.34. The molecule has 1 N–H and O–H groups in total. The van der Waals surface area contributed by atoms with Crippen molar-refractivity contribution in [2.45, 2.75) is 25.1 Å². The lowest BCUT2D eigenvalue weighted by Crippen LogP contribution is -2.24. The van der Waals surface area contributed by atoms with Crippen LogP contribution in [-0.2, 0) is 22.0 Å². The predicted octanol–water partition coefficient (Wildman–Crippen LogP) is 1.85. The highest BCUT2D eigenvalue weighted by Gasteiger charge is 2.11. The Labute approximate surface area is 136 Å². The highest BCUT2D eigenvalue weighted by Crippen LogP contribution is 2.19. The van der Waals surface area contributed by atoms with Crippen LogP contribution >= 0.6 is 12.4 Å². The molecule has 2 aromatic rings. The fraction of sp³-hybridized carbons (Fsp3) is 0.429. The maximum absolute atomic E-state index is 11.2. The Bertz CT molecular complexity index is 698. The first-order chi connectivity index (χ1) is 9.87. The Hall–Kier alpha value is -1.44. The lowest BCUT2D eigenvalue weighted by Gasteiger charge is -2.04. The van der Waals surface area contributed by atoms with E-state index in [2.05, 4.69) is 15.5 Å². The van der Waals surface area contributed by atoms with Crippen molar-refractivity contribution in [1.29, 1.82) is 0 Å². The highest BCUT2D eigenvalue weighted by molar-refractivity contribution is 7.89. The maximum Gasteiger partial charge on any atom is 0.257 e. The topological polar surface area (TPSA) is 85.1 Å². The van der Waals surface area contributed by atoms with Crippen molar-refractivity contribution in [3.8, 4) is 11.5 Å². The van der Waals surface area contributed by atoms with Gasteiger partial charge < -0.3 is 9.84 Å². The van der Waals surface area contributed by atoms with Gasteiger partial charge in [0.1, 0.15) is 0 Å². The average Bonchev–Trinajstić information content (AvgIpc) is 2.86. The van der Waals surface area contributed by atoms with E-state index in [1.54, 1.807) is 24.3 Å². The zero-order valence-electron chi connectivity index (χ0n) is 12.7. The minimum atomic E-state index is -3.03. The van der Waals surface area contributed by atoms with E-state index in [0.29, 0.717) is 18.1 Å². The van der Waals surface area contributed by atoms with Crippen LogP contribution in [0.15, 0.2) is 28.8 Å². The third-order valence-electron chi connectivity index (χ3n) is 3.08. The zero-order chi connectivity index (χ0) is 15.5. The number of halogens is 1. The molecule has 1 aromatic carbocycles. The van der Waals surface area contributed by atoms with E-state index >= 15 is 0 Å². The standard InChI is InChI=1S/C14H19N3O3S.ClH/c1-10(15-2)8-13-16-14(20-17-13)12-6-4-11(5-7-12)9-21(3,18)19;/h4-7,10,15H,8-9H2,1-3H3;1H. The molecule has 0 aliphatic rings. The summed E-state index contributed by atoms with van der Waals surface area (Å²) in [7, 11) is -1.14. The van der Waals surface area contributed by atoms with Crippen molar-refractivity contribution in [1.82, 2.24) is 15.5 Å². The Kier molecular flexibility index (Phi) is 6.52. The molecule has 0 bridgehead atoms. The molecule has 0 amide bonds. The van der Waals surface area contributed by atoms with Gasteiger partial charge in [-0.05, 0) is 31.7 Å². The van der Waals surface area contributed by atoms with Crippen LogP contribution in [0.2, 0.25) is 0 Å². The molecule has 1 aromatic heterocycles. The monoisotopic (exact) mass is 345 g/mol. The van der Waals surface area contributed by atoms with Gasteiger partial charge in [-0.3, -0.25) is 0 Å². The summed E-state index contributed by atoms with van der Waals surface area (Å²) >= 11 is 0. The molecular formula is C14H20ClN3O3S. The predicted molar refractivity (Wildman–Crippen MR) is 87.8 cm³/mol. The molecule has 6 nitrogen and oxygen atoms in total. The second kappa shape index (κ2) is 7.71. The lowest BCUT2D eigenvalue weighted by molar-refractivity contribution is 0.418. The summed E-state index contributed by atoms with van der Waals surface area (Å²) in [5, 5.41) is 7.05. The van der Waals surface area contributed by atoms with Gasteiger partial charge in [0.15, 0.2) is 15.7 Å². The molecule has 0 saturated carbocycles. The summed E-state index contributed by atoms with van der Waals surface area (Å²) < 4.78 is 27.7. The van der Waals surface area contributed by atoms with Gasteiger partial charge in [-0.25, -0.2) is 8.42 Å². The van der Waals surface area contributed by atoms with Crippen molar-refractivity contribution in [3.63, 3.8) is 0 Å². The van der Waals surface area contributed by atoms with Crippen LogP contribution in [-0.4, -0.2) is 37.9 Å². The molecule has 122 valence electrons. The average molecular weight is 346 g/mol. The summed E-state index contributed by atoms with van der Waals surface area (Å²) in [6.45, 7) is 2.04. The minimum absolute atomic E-state index is 0. The number of hydrogen-bond donors (Lipinski definition) is 1. The van der Waals surface area contributed by atoms with Crippen LogP contribution in [0.4, 0.5) is 0 Å². The third kappa shape index (κ3) is 5.40. The van der Waals surface area contributed by atoms with Gasteiger partial charge in [-0.1, -0.05) is 17.3 Å². The smallest absolute Gasteiger partial charge is 0.257 e. The van der Waals surface area contributed by atoms with E-state index in [1.165, 1.54) is 6.26 Å². The minimum Gasteiger partial charge on any atom is -0.334 e. The van der Waals surface area contributed by atoms with Crippen LogP contribution in [0.5, 0.6) is 0 Å². The first kappa shape index (κ1) is 18.6. The van der Waals surface area contributed by atoms with Gasteiger partial charge in [0, 0.05) is 24.3 Å². The molecular weight excluding hydrogens is 326 g/mol. The Morgan fingerprint density at radius 3 is 2.45 bits per heavy atom. The second-order valence-electron chi connectivity index (χ2n) is 5.18. The van der Waals surface area contributed by atoms with Crippen LogP contribution in [0.1, 0.15) is 18.3 Å². The van der Waals surface area contributed by atoms with Crippen molar-refractivity contribution in [3.05, 3.63) is 35.7 Å².